The minimum absolute atomic E-state index is 0.161. The second-order valence-corrected chi connectivity index (χ2v) is 7.74. The van der Waals surface area contributed by atoms with E-state index >= 15 is 0 Å². The number of carbonyl (C=O) groups is 1. The van der Waals surface area contributed by atoms with Gasteiger partial charge in [0.05, 0.1) is 19.6 Å². The molecule has 0 aromatic heterocycles. The molecule has 1 N–H and O–H groups in total. The molecule has 0 radical (unpaired) electrons. The van der Waals surface area contributed by atoms with Crippen molar-refractivity contribution in [3.05, 3.63) is 0 Å². The highest BCUT2D eigenvalue weighted by atomic mass is 28.4. The summed E-state index contributed by atoms with van der Waals surface area (Å²) >= 11 is 0. The quantitative estimate of drug-likeness (QED) is 0.458. The van der Waals surface area contributed by atoms with Gasteiger partial charge in [-0.25, -0.2) is 4.79 Å². The molecule has 0 rings (SSSR count). The molecule has 7 heteroatoms. The van der Waals surface area contributed by atoms with Crippen molar-refractivity contribution in [2.75, 3.05) is 47.5 Å². The van der Waals surface area contributed by atoms with Crippen molar-refractivity contribution in [3.63, 3.8) is 0 Å². The normalized spacial score (nSPS) is 12.7. The Kier molecular flexibility index (Phi) is 8.43. The lowest BCUT2D eigenvalue weighted by Gasteiger charge is -2.36. The molecule has 0 saturated heterocycles. The van der Waals surface area contributed by atoms with Crippen molar-refractivity contribution in [2.24, 2.45) is 0 Å². The highest BCUT2D eigenvalue weighted by Gasteiger charge is 2.38. The van der Waals surface area contributed by atoms with E-state index < -0.39 is 14.8 Å². The van der Waals surface area contributed by atoms with Crippen LogP contribution in [0.15, 0.2) is 0 Å². The van der Waals surface area contributed by atoms with Crippen molar-refractivity contribution in [1.82, 2.24) is 0 Å². The lowest BCUT2D eigenvalue weighted by molar-refractivity contribution is -0.918. The Morgan fingerprint density at radius 3 is 1.89 bits per heavy atom. The van der Waals surface area contributed by atoms with Crippen molar-refractivity contribution >= 4 is 14.8 Å². The van der Waals surface area contributed by atoms with Crippen LogP contribution in [0.1, 0.15) is 20.3 Å². The molecule has 0 amide bonds. The fourth-order valence-electron chi connectivity index (χ4n) is 2.32. The van der Waals surface area contributed by atoms with E-state index in [1.54, 1.807) is 21.3 Å². The summed E-state index contributed by atoms with van der Waals surface area (Å²) in [7, 11) is 2.25. The van der Waals surface area contributed by atoms with Gasteiger partial charge in [0.2, 0.25) is 0 Å². The lowest BCUT2D eigenvalue weighted by Crippen LogP contribution is -2.52. The summed E-state index contributed by atoms with van der Waals surface area (Å²) in [5.41, 5.74) is 0. The topological polar surface area (TPSA) is 65.0 Å². The molecule has 0 aliphatic rings. The molecule has 19 heavy (non-hydrogen) atoms. The van der Waals surface area contributed by atoms with E-state index in [2.05, 4.69) is 0 Å². The molecule has 0 aromatic rings. The van der Waals surface area contributed by atoms with Gasteiger partial charge in [0, 0.05) is 33.8 Å². The van der Waals surface area contributed by atoms with E-state index in [9.17, 15) is 4.79 Å². The summed E-state index contributed by atoms with van der Waals surface area (Å²) in [4.78, 5) is 11.0. The molecule has 6 nitrogen and oxygen atoms in total. The minimum Gasteiger partial charge on any atom is -0.477 e. The number of aliphatic carboxylic acids is 1. The maximum Gasteiger partial charge on any atom is 0.500 e. The Labute approximate surface area is 117 Å². The van der Waals surface area contributed by atoms with Gasteiger partial charge in [0.1, 0.15) is 0 Å². The third-order valence-electron chi connectivity index (χ3n) is 3.86. The molecule has 0 aromatic carbocycles. The maximum atomic E-state index is 11.0. The zero-order valence-electron chi connectivity index (χ0n) is 12.8. The van der Waals surface area contributed by atoms with Gasteiger partial charge in [-0.2, -0.15) is 0 Å². The summed E-state index contributed by atoms with van der Waals surface area (Å²) in [6, 6.07) is 0.704. The number of nitrogens with zero attached hydrogens (tertiary/aromatic N) is 1. The van der Waals surface area contributed by atoms with Crippen LogP contribution >= 0.6 is 0 Å². The van der Waals surface area contributed by atoms with Gasteiger partial charge in [0.15, 0.2) is 6.54 Å². The van der Waals surface area contributed by atoms with Crippen LogP contribution in [0.5, 0.6) is 0 Å². The Bertz CT molecular complexity index is 259. The summed E-state index contributed by atoms with van der Waals surface area (Å²) in [5, 5.41) is 9.03. The SMILES string of the molecule is CC[N+](CC)(CCC[Si](OC)(OC)OC)CC(=O)O. The molecule has 0 aliphatic heterocycles. The molecule has 0 aliphatic carbocycles. The van der Waals surface area contributed by atoms with Crippen molar-refractivity contribution in [3.8, 4) is 0 Å². The fourth-order valence-corrected chi connectivity index (χ4v) is 4.02. The van der Waals surface area contributed by atoms with E-state index in [4.69, 9.17) is 18.4 Å². The van der Waals surface area contributed by atoms with E-state index in [1.807, 2.05) is 13.8 Å². The van der Waals surface area contributed by atoms with Gasteiger partial charge in [-0.15, -0.1) is 0 Å². The van der Waals surface area contributed by atoms with Gasteiger partial charge < -0.3 is 22.9 Å². The molecule has 0 fully saturated rings. The molecule has 0 bridgehead atoms. The Balaban J connectivity index is 4.52. The predicted molar refractivity (Wildman–Crippen MR) is 74.9 cm³/mol. The van der Waals surface area contributed by atoms with Crippen LogP contribution < -0.4 is 0 Å². The van der Waals surface area contributed by atoms with Crippen molar-refractivity contribution in [2.45, 2.75) is 26.3 Å². The Morgan fingerprint density at radius 2 is 1.58 bits per heavy atom. The van der Waals surface area contributed by atoms with Gasteiger partial charge in [-0.3, -0.25) is 0 Å². The number of carboxylic acids is 1. The van der Waals surface area contributed by atoms with Crippen molar-refractivity contribution in [1.29, 1.82) is 0 Å². The number of hydrogen-bond acceptors (Lipinski definition) is 4. The van der Waals surface area contributed by atoms with Gasteiger partial charge in [-0.05, 0) is 13.8 Å². The second kappa shape index (κ2) is 8.65. The number of quaternary nitrogens is 1. The maximum absolute atomic E-state index is 11.0. The van der Waals surface area contributed by atoms with Crippen LogP contribution in [-0.4, -0.2) is 71.9 Å². The lowest BCUT2D eigenvalue weighted by atomic mass is 10.3. The van der Waals surface area contributed by atoms with Crippen LogP contribution in [0.4, 0.5) is 0 Å². The zero-order chi connectivity index (χ0) is 14.9. The minimum atomic E-state index is -2.54. The molecule has 0 saturated carbocycles. The van der Waals surface area contributed by atoms with Gasteiger partial charge >= 0.3 is 14.8 Å². The molecular formula is C12H28NO5Si+. The van der Waals surface area contributed by atoms with E-state index in [0.717, 1.165) is 26.1 Å². The first-order valence-electron chi connectivity index (χ1n) is 6.65. The third kappa shape index (κ3) is 5.58. The number of hydrogen-bond donors (Lipinski definition) is 1. The summed E-state index contributed by atoms with van der Waals surface area (Å²) in [6.45, 7) is 6.63. The van der Waals surface area contributed by atoms with Crippen LogP contribution in [-0.2, 0) is 18.1 Å². The first-order chi connectivity index (χ1) is 8.93. The fraction of sp³-hybridized carbons (Fsp3) is 0.917. The van der Waals surface area contributed by atoms with Crippen LogP contribution in [0.2, 0.25) is 6.04 Å². The van der Waals surface area contributed by atoms with E-state index in [1.165, 1.54) is 0 Å². The second-order valence-electron chi connectivity index (χ2n) is 4.65. The zero-order valence-corrected chi connectivity index (χ0v) is 13.8. The predicted octanol–water partition coefficient (Wildman–Crippen LogP) is 1.20. The van der Waals surface area contributed by atoms with E-state index in [-0.39, 0.29) is 6.54 Å². The average molecular weight is 294 g/mol. The molecule has 0 unspecified atom stereocenters. The summed E-state index contributed by atoms with van der Waals surface area (Å²) < 4.78 is 16.7. The Hall–Kier alpha value is -0.473. The number of likely N-dealkylation sites (N-methyl/N-ethyl adjacent to an activating group) is 1. The molecule has 114 valence electrons. The third-order valence-corrected chi connectivity index (χ3v) is 6.69. The first kappa shape index (κ1) is 18.5. The average Bonchev–Trinajstić information content (AvgIpc) is 2.42. The monoisotopic (exact) mass is 294 g/mol. The standard InChI is InChI=1S/C12H27NO5Si/c1-6-13(7-2,11-12(14)15)9-8-10-19(16-3,17-4)18-5/h6-11H2,1-5H3/p+1. The highest BCUT2D eigenvalue weighted by Crippen LogP contribution is 2.17. The van der Waals surface area contributed by atoms with Crippen molar-refractivity contribution < 1.29 is 27.7 Å². The Morgan fingerprint density at radius 1 is 1.11 bits per heavy atom. The van der Waals surface area contributed by atoms with E-state index in [0.29, 0.717) is 10.5 Å². The highest BCUT2D eigenvalue weighted by molar-refractivity contribution is 6.60. The van der Waals surface area contributed by atoms with Crippen LogP contribution in [0.25, 0.3) is 0 Å². The number of rotatable bonds is 11. The molecule has 0 atom stereocenters. The molecular weight excluding hydrogens is 266 g/mol. The van der Waals surface area contributed by atoms with Gasteiger partial charge in [0.25, 0.3) is 0 Å². The van der Waals surface area contributed by atoms with Crippen LogP contribution in [0, 0.1) is 0 Å². The summed E-state index contributed by atoms with van der Waals surface area (Å²) in [6.07, 6.45) is 0.830. The van der Waals surface area contributed by atoms with Gasteiger partial charge in [-0.1, -0.05) is 0 Å². The molecule has 0 spiro atoms. The largest absolute Gasteiger partial charge is 0.500 e. The molecule has 0 heterocycles. The van der Waals surface area contributed by atoms with Crippen LogP contribution in [0.3, 0.4) is 0 Å². The first-order valence-corrected chi connectivity index (χ1v) is 8.58. The number of carboxylic acid groups (broad SMARTS) is 1. The smallest absolute Gasteiger partial charge is 0.477 e. The summed E-state index contributed by atoms with van der Waals surface area (Å²) in [5.74, 6) is -0.752.